The van der Waals surface area contributed by atoms with Gasteiger partial charge in [0, 0.05) is 24.8 Å². The Morgan fingerprint density at radius 1 is 1.36 bits per heavy atom. The standard InChI is InChI=1S/C16H24ClN3O2/c1-16(2,3)22-15(21)20-14-6-4-5-13(14)19-10-12-8-7-11(17)9-18-12/h7-9,13-14,19H,4-6,10H2,1-3H3,(H,20,21)/t13-,14-/m1/s1. The summed E-state index contributed by atoms with van der Waals surface area (Å²) < 4.78 is 5.32. The van der Waals surface area contributed by atoms with E-state index in [0.717, 1.165) is 25.0 Å². The molecule has 1 aromatic heterocycles. The van der Waals surface area contributed by atoms with E-state index in [1.165, 1.54) is 0 Å². The van der Waals surface area contributed by atoms with Gasteiger partial charge < -0.3 is 15.4 Å². The number of hydrogen-bond donors (Lipinski definition) is 2. The second kappa shape index (κ2) is 7.29. The number of carbonyl (C=O) groups is 1. The van der Waals surface area contributed by atoms with Crippen molar-refractivity contribution in [3.63, 3.8) is 0 Å². The van der Waals surface area contributed by atoms with Crippen LogP contribution >= 0.6 is 11.6 Å². The van der Waals surface area contributed by atoms with Gasteiger partial charge in [0.15, 0.2) is 0 Å². The molecule has 2 rings (SSSR count). The van der Waals surface area contributed by atoms with E-state index in [1.807, 2.05) is 32.9 Å². The molecule has 22 heavy (non-hydrogen) atoms. The highest BCUT2D eigenvalue weighted by Gasteiger charge is 2.29. The van der Waals surface area contributed by atoms with Gasteiger partial charge in [-0.3, -0.25) is 4.98 Å². The van der Waals surface area contributed by atoms with E-state index in [4.69, 9.17) is 16.3 Å². The normalized spacial score (nSPS) is 21.6. The molecule has 0 aliphatic heterocycles. The molecule has 1 aromatic rings. The zero-order valence-corrected chi connectivity index (χ0v) is 14.1. The van der Waals surface area contributed by atoms with Crippen molar-refractivity contribution in [2.75, 3.05) is 0 Å². The fraction of sp³-hybridized carbons (Fsp3) is 0.625. The number of hydrogen-bond acceptors (Lipinski definition) is 4. The SMILES string of the molecule is CC(C)(C)OC(=O)N[C@@H]1CCC[C@H]1NCc1ccc(Cl)cn1. The molecule has 2 N–H and O–H groups in total. The lowest BCUT2D eigenvalue weighted by Crippen LogP contribution is -2.47. The van der Waals surface area contributed by atoms with Crippen molar-refractivity contribution < 1.29 is 9.53 Å². The first-order valence-corrected chi connectivity index (χ1v) is 8.04. The molecule has 0 saturated heterocycles. The number of carbonyl (C=O) groups excluding carboxylic acids is 1. The Balaban J connectivity index is 1.82. The average Bonchev–Trinajstić information content (AvgIpc) is 2.83. The first-order valence-electron chi connectivity index (χ1n) is 7.67. The van der Waals surface area contributed by atoms with E-state index in [2.05, 4.69) is 15.6 Å². The summed E-state index contributed by atoms with van der Waals surface area (Å²) in [4.78, 5) is 16.2. The Morgan fingerprint density at radius 3 is 2.73 bits per heavy atom. The Kier molecular flexibility index (Phi) is 5.64. The molecule has 1 aliphatic rings. The molecule has 6 heteroatoms. The van der Waals surface area contributed by atoms with Gasteiger partial charge in [-0.05, 0) is 52.2 Å². The molecule has 1 saturated carbocycles. The van der Waals surface area contributed by atoms with Crippen LogP contribution in [0.2, 0.25) is 5.02 Å². The van der Waals surface area contributed by atoms with Crippen LogP contribution in [-0.4, -0.2) is 28.8 Å². The summed E-state index contributed by atoms with van der Waals surface area (Å²) in [6, 6.07) is 4.07. The van der Waals surface area contributed by atoms with Crippen LogP contribution in [0.5, 0.6) is 0 Å². The summed E-state index contributed by atoms with van der Waals surface area (Å²) >= 11 is 5.83. The number of ether oxygens (including phenoxy) is 1. The molecule has 0 spiro atoms. The van der Waals surface area contributed by atoms with E-state index < -0.39 is 5.60 Å². The number of amides is 1. The Labute approximate surface area is 136 Å². The molecule has 5 nitrogen and oxygen atoms in total. The monoisotopic (exact) mass is 325 g/mol. The van der Waals surface area contributed by atoms with Crippen LogP contribution in [0.15, 0.2) is 18.3 Å². The highest BCUT2D eigenvalue weighted by atomic mass is 35.5. The van der Waals surface area contributed by atoms with E-state index in [-0.39, 0.29) is 18.2 Å². The van der Waals surface area contributed by atoms with Crippen molar-refractivity contribution >= 4 is 17.7 Å². The minimum atomic E-state index is -0.473. The number of halogens is 1. The lowest BCUT2D eigenvalue weighted by molar-refractivity contribution is 0.0498. The van der Waals surface area contributed by atoms with Crippen molar-refractivity contribution in [3.05, 3.63) is 29.0 Å². The lowest BCUT2D eigenvalue weighted by atomic mass is 10.1. The molecule has 0 bridgehead atoms. The van der Waals surface area contributed by atoms with Crippen molar-refractivity contribution in [3.8, 4) is 0 Å². The number of nitrogens with zero attached hydrogens (tertiary/aromatic N) is 1. The van der Waals surface area contributed by atoms with Crippen LogP contribution in [-0.2, 0) is 11.3 Å². The maximum atomic E-state index is 11.9. The van der Waals surface area contributed by atoms with Gasteiger partial charge in [-0.1, -0.05) is 11.6 Å². The molecule has 122 valence electrons. The molecular formula is C16H24ClN3O2. The molecule has 1 amide bonds. The highest BCUT2D eigenvalue weighted by molar-refractivity contribution is 6.30. The molecule has 2 atom stereocenters. The van der Waals surface area contributed by atoms with Gasteiger partial charge in [0.25, 0.3) is 0 Å². The Morgan fingerprint density at radius 2 is 2.09 bits per heavy atom. The minimum absolute atomic E-state index is 0.0992. The Hall–Kier alpha value is -1.33. The fourth-order valence-corrected chi connectivity index (χ4v) is 2.69. The fourth-order valence-electron chi connectivity index (χ4n) is 2.58. The van der Waals surface area contributed by atoms with E-state index in [0.29, 0.717) is 11.6 Å². The van der Waals surface area contributed by atoms with Gasteiger partial charge in [-0.15, -0.1) is 0 Å². The average molecular weight is 326 g/mol. The van der Waals surface area contributed by atoms with E-state index in [1.54, 1.807) is 6.20 Å². The minimum Gasteiger partial charge on any atom is -0.444 e. The molecule has 0 unspecified atom stereocenters. The van der Waals surface area contributed by atoms with Crippen molar-refractivity contribution in [1.82, 2.24) is 15.6 Å². The molecular weight excluding hydrogens is 302 g/mol. The van der Waals surface area contributed by atoms with E-state index >= 15 is 0 Å². The zero-order chi connectivity index (χ0) is 16.2. The largest absolute Gasteiger partial charge is 0.444 e. The summed E-state index contributed by atoms with van der Waals surface area (Å²) in [6.07, 6.45) is 4.38. The third kappa shape index (κ3) is 5.46. The molecule has 0 aromatic carbocycles. The van der Waals surface area contributed by atoms with Gasteiger partial charge >= 0.3 is 6.09 Å². The maximum absolute atomic E-state index is 11.9. The van der Waals surface area contributed by atoms with Crippen molar-refractivity contribution in [2.45, 2.75) is 64.3 Å². The van der Waals surface area contributed by atoms with Crippen LogP contribution < -0.4 is 10.6 Å². The lowest BCUT2D eigenvalue weighted by Gasteiger charge is -2.25. The van der Waals surface area contributed by atoms with Crippen LogP contribution in [0.4, 0.5) is 4.79 Å². The zero-order valence-electron chi connectivity index (χ0n) is 13.4. The maximum Gasteiger partial charge on any atom is 0.407 e. The summed E-state index contributed by atoms with van der Waals surface area (Å²) in [5, 5.41) is 7.06. The molecule has 1 aliphatic carbocycles. The predicted molar refractivity (Wildman–Crippen MR) is 86.9 cm³/mol. The summed E-state index contributed by atoms with van der Waals surface area (Å²) in [6.45, 7) is 6.25. The quantitative estimate of drug-likeness (QED) is 0.891. The van der Waals surface area contributed by atoms with Crippen LogP contribution in [0.3, 0.4) is 0 Å². The third-order valence-corrected chi connectivity index (χ3v) is 3.78. The number of pyridine rings is 1. The van der Waals surface area contributed by atoms with Crippen molar-refractivity contribution in [1.29, 1.82) is 0 Å². The highest BCUT2D eigenvalue weighted by Crippen LogP contribution is 2.20. The van der Waals surface area contributed by atoms with Gasteiger partial charge in [0.2, 0.25) is 0 Å². The third-order valence-electron chi connectivity index (χ3n) is 3.55. The first-order chi connectivity index (χ1) is 10.3. The predicted octanol–water partition coefficient (Wildman–Crippen LogP) is 3.27. The second-order valence-electron chi connectivity index (χ2n) is 6.64. The number of nitrogens with one attached hydrogen (secondary N) is 2. The van der Waals surface area contributed by atoms with Gasteiger partial charge in [0.05, 0.1) is 10.7 Å². The Bertz CT molecular complexity index is 499. The van der Waals surface area contributed by atoms with Crippen LogP contribution in [0.25, 0.3) is 0 Å². The van der Waals surface area contributed by atoms with Gasteiger partial charge in [-0.2, -0.15) is 0 Å². The van der Waals surface area contributed by atoms with Gasteiger partial charge in [-0.25, -0.2) is 4.79 Å². The first kappa shape index (κ1) is 17.0. The summed E-state index contributed by atoms with van der Waals surface area (Å²) in [7, 11) is 0. The topological polar surface area (TPSA) is 63.2 Å². The van der Waals surface area contributed by atoms with Crippen LogP contribution in [0.1, 0.15) is 45.7 Å². The smallest absolute Gasteiger partial charge is 0.407 e. The van der Waals surface area contributed by atoms with E-state index in [9.17, 15) is 4.79 Å². The summed E-state index contributed by atoms with van der Waals surface area (Å²) in [5.74, 6) is 0. The van der Waals surface area contributed by atoms with Gasteiger partial charge in [0.1, 0.15) is 5.60 Å². The van der Waals surface area contributed by atoms with Crippen LogP contribution in [0, 0.1) is 0 Å². The molecule has 1 heterocycles. The number of alkyl carbamates (subject to hydrolysis) is 1. The molecule has 1 fully saturated rings. The molecule has 0 radical (unpaired) electrons. The second-order valence-corrected chi connectivity index (χ2v) is 7.08. The number of rotatable bonds is 4. The number of aromatic nitrogens is 1. The summed E-state index contributed by atoms with van der Waals surface area (Å²) in [5.41, 5.74) is 0.464. The van der Waals surface area contributed by atoms with Crippen molar-refractivity contribution in [2.24, 2.45) is 0 Å².